The summed E-state index contributed by atoms with van der Waals surface area (Å²) < 4.78 is 14.1. The number of H-pyrrole nitrogens is 1. The first kappa shape index (κ1) is 15.4. The van der Waals surface area contributed by atoms with E-state index in [2.05, 4.69) is 17.1 Å². The summed E-state index contributed by atoms with van der Waals surface area (Å²) in [5.74, 6) is -0.204. The van der Waals surface area contributed by atoms with Crippen LogP contribution in [0.5, 0.6) is 0 Å². The van der Waals surface area contributed by atoms with Crippen LogP contribution in [0.2, 0.25) is 0 Å². The molecule has 0 saturated carbocycles. The Morgan fingerprint density at radius 3 is 3.00 bits per heavy atom. The predicted octanol–water partition coefficient (Wildman–Crippen LogP) is 3.27. The van der Waals surface area contributed by atoms with E-state index in [1.54, 1.807) is 6.07 Å². The predicted molar refractivity (Wildman–Crippen MR) is 89.4 cm³/mol. The van der Waals surface area contributed by atoms with Crippen LogP contribution in [0.3, 0.4) is 0 Å². The van der Waals surface area contributed by atoms with E-state index in [0.29, 0.717) is 24.2 Å². The van der Waals surface area contributed by atoms with Crippen molar-refractivity contribution in [3.63, 3.8) is 0 Å². The molecule has 2 heterocycles. The fraction of sp³-hybridized carbons (Fsp3) is 0.474. The first-order valence-electron chi connectivity index (χ1n) is 8.70. The number of nitrogens with zero attached hydrogens (tertiary/aromatic N) is 2. The number of rotatable bonds is 3. The number of aryl methyl sites for hydroxylation is 1. The van der Waals surface area contributed by atoms with Crippen molar-refractivity contribution in [1.29, 1.82) is 0 Å². The van der Waals surface area contributed by atoms with Gasteiger partial charge in [0.25, 0.3) is 5.91 Å². The normalized spacial score (nSPS) is 22.8. The molecule has 126 valence electrons. The first-order chi connectivity index (χ1) is 11.6. The summed E-state index contributed by atoms with van der Waals surface area (Å²) in [4.78, 5) is 15.0. The molecule has 2 aromatic rings. The van der Waals surface area contributed by atoms with Gasteiger partial charge in [0.15, 0.2) is 5.69 Å². The molecule has 1 N–H and O–H groups in total. The number of likely N-dealkylation sites (tertiary alicyclic amines) is 1. The largest absolute Gasteiger partial charge is 0.332 e. The number of aromatic amines is 1. The summed E-state index contributed by atoms with van der Waals surface area (Å²) in [5, 5.41) is 7.30. The number of carbonyl (C=O) groups excluding carboxylic acids is 1. The number of carbonyl (C=O) groups is 1. The van der Waals surface area contributed by atoms with E-state index in [0.717, 1.165) is 43.4 Å². The molecule has 1 fully saturated rings. The molecular weight excluding hydrogens is 305 g/mol. The van der Waals surface area contributed by atoms with E-state index in [1.807, 2.05) is 17.0 Å². The van der Waals surface area contributed by atoms with Crippen molar-refractivity contribution < 1.29 is 9.18 Å². The summed E-state index contributed by atoms with van der Waals surface area (Å²) in [6.07, 6.45) is 5.35. The summed E-state index contributed by atoms with van der Waals surface area (Å²) >= 11 is 0. The number of benzene rings is 1. The molecule has 1 unspecified atom stereocenters. The fourth-order valence-electron chi connectivity index (χ4n) is 4.23. The topological polar surface area (TPSA) is 49.0 Å². The van der Waals surface area contributed by atoms with Crippen LogP contribution in [0.15, 0.2) is 24.3 Å². The molecule has 1 amide bonds. The van der Waals surface area contributed by atoms with E-state index in [-0.39, 0.29) is 17.3 Å². The Balaban J connectivity index is 1.62. The van der Waals surface area contributed by atoms with Crippen molar-refractivity contribution in [2.45, 2.75) is 51.0 Å². The molecule has 0 bridgehead atoms. The van der Waals surface area contributed by atoms with Gasteiger partial charge in [-0.05, 0) is 57.1 Å². The molecule has 1 atom stereocenters. The van der Waals surface area contributed by atoms with Crippen LogP contribution >= 0.6 is 0 Å². The molecule has 4 nitrogen and oxygen atoms in total. The van der Waals surface area contributed by atoms with E-state index in [9.17, 15) is 9.18 Å². The smallest absolute Gasteiger partial charge is 0.275 e. The maximum Gasteiger partial charge on any atom is 0.275 e. The highest BCUT2D eigenvalue weighted by Gasteiger charge is 2.42. The fourth-order valence-corrected chi connectivity index (χ4v) is 4.23. The molecule has 1 aromatic heterocycles. The number of nitrogens with one attached hydrogen (secondary N) is 1. The van der Waals surface area contributed by atoms with Gasteiger partial charge < -0.3 is 4.90 Å². The van der Waals surface area contributed by atoms with Gasteiger partial charge in [-0.3, -0.25) is 9.89 Å². The second kappa shape index (κ2) is 5.72. The third kappa shape index (κ3) is 2.43. The third-order valence-electron chi connectivity index (χ3n) is 5.53. The van der Waals surface area contributed by atoms with Gasteiger partial charge in [0.1, 0.15) is 5.82 Å². The third-order valence-corrected chi connectivity index (χ3v) is 5.53. The number of halogens is 1. The van der Waals surface area contributed by atoms with Gasteiger partial charge in [-0.1, -0.05) is 18.2 Å². The minimum atomic E-state index is -0.357. The standard InChI is InChI=1S/C19H22FN3O/c1-19(12-13-6-2-3-8-15(13)20)10-5-11-23(19)18(24)17-14-7-4-9-16(14)21-22-17/h2-3,6,8H,4-5,7,9-12H2,1H3,(H,21,22). The molecule has 5 heteroatoms. The Labute approximate surface area is 141 Å². The van der Waals surface area contributed by atoms with Gasteiger partial charge in [0, 0.05) is 23.3 Å². The summed E-state index contributed by atoms with van der Waals surface area (Å²) in [6, 6.07) is 6.85. The van der Waals surface area contributed by atoms with Crippen LogP contribution in [0.4, 0.5) is 4.39 Å². The van der Waals surface area contributed by atoms with Crippen molar-refractivity contribution in [3.8, 4) is 0 Å². The summed E-state index contributed by atoms with van der Waals surface area (Å²) in [5.41, 5.74) is 3.08. The number of amides is 1. The van der Waals surface area contributed by atoms with Gasteiger partial charge in [-0.15, -0.1) is 0 Å². The molecule has 1 aliphatic carbocycles. The summed E-state index contributed by atoms with van der Waals surface area (Å²) in [6.45, 7) is 2.78. The van der Waals surface area contributed by atoms with Gasteiger partial charge in [-0.2, -0.15) is 5.10 Å². The molecule has 0 spiro atoms. The summed E-state index contributed by atoms with van der Waals surface area (Å²) in [7, 11) is 0. The van der Waals surface area contributed by atoms with Crippen molar-refractivity contribution in [3.05, 3.63) is 52.6 Å². The van der Waals surface area contributed by atoms with E-state index in [1.165, 1.54) is 6.07 Å². The lowest BCUT2D eigenvalue weighted by molar-refractivity contribution is 0.0615. The first-order valence-corrected chi connectivity index (χ1v) is 8.70. The Bertz CT molecular complexity index is 785. The monoisotopic (exact) mass is 327 g/mol. The minimum absolute atomic E-state index is 0.00857. The maximum absolute atomic E-state index is 14.1. The quantitative estimate of drug-likeness (QED) is 0.940. The highest BCUT2D eigenvalue weighted by atomic mass is 19.1. The zero-order valence-electron chi connectivity index (χ0n) is 13.9. The van der Waals surface area contributed by atoms with Crippen LogP contribution < -0.4 is 0 Å². The molecule has 2 aliphatic rings. The number of hydrogen-bond acceptors (Lipinski definition) is 2. The van der Waals surface area contributed by atoms with Crippen LogP contribution in [-0.4, -0.2) is 33.1 Å². The zero-order valence-corrected chi connectivity index (χ0v) is 13.9. The van der Waals surface area contributed by atoms with Gasteiger partial charge in [0.2, 0.25) is 0 Å². The minimum Gasteiger partial charge on any atom is -0.332 e. The lowest BCUT2D eigenvalue weighted by atomic mass is 9.89. The molecule has 1 saturated heterocycles. The average molecular weight is 327 g/mol. The maximum atomic E-state index is 14.1. The van der Waals surface area contributed by atoms with Crippen LogP contribution in [-0.2, 0) is 19.3 Å². The van der Waals surface area contributed by atoms with Crippen molar-refractivity contribution >= 4 is 5.91 Å². The molecule has 4 rings (SSSR count). The Hall–Kier alpha value is -2.17. The van der Waals surface area contributed by atoms with Crippen LogP contribution in [0.25, 0.3) is 0 Å². The average Bonchev–Trinajstić information content (AvgIpc) is 3.24. The Morgan fingerprint density at radius 2 is 2.17 bits per heavy atom. The number of aromatic nitrogens is 2. The van der Waals surface area contributed by atoms with Crippen molar-refractivity contribution in [2.75, 3.05) is 6.54 Å². The second-order valence-electron chi connectivity index (χ2n) is 7.21. The lowest BCUT2D eigenvalue weighted by Gasteiger charge is -2.35. The van der Waals surface area contributed by atoms with E-state index in [4.69, 9.17) is 0 Å². The molecule has 1 aliphatic heterocycles. The Kier molecular flexibility index (Phi) is 3.66. The molecular formula is C19H22FN3O. The van der Waals surface area contributed by atoms with Crippen molar-refractivity contribution in [2.24, 2.45) is 0 Å². The number of fused-ring (bicyclic) bond motifs is 1. The Morgan fingerprint density at radius 1 is 1.33 bits per heavy atom. The van der Waals surface area contributed by atoms with Crippen molar-refractivity contribution in [1.82, 2.24) is 15.1 Å². The van der Waals surface area contributed by atoms with Gasteiger partial charge >= 0.3 is 0 Å². The van der Waals surface area contributed by atoms with E-state index < -0.39 is 0 Å². The zero-order chi connectivity index (χ0) is 16.7. The van der Waals surface area contributed by atoms with Gasteiger partial charge in [-0.25, -0.2) is 4.39 Å². The SMILES string of the molecule is CC1(Cc2ccccc2F)CCCN1C(=O)c1n[nH]c2c1CCC2. The lowest BCUT2D eigenvalue weighted by Crippen LogP contribution is -2.47. The highest BCUT2D eigenvalue weighted by Crippen LogP contribution is 2.35. The second-order valence-corrected chi connectivity index (χ2v) is 7.21. The highest BCUT2D eigenvalue weighted by molar-refractivity contribution is 5.95. The molecule has 24 heavy (non-hydrogen) atoms. The number of hydrogen-bond donors (Lipinski definition) is 1. The van der Waals surface area contributed by atoms with Crippen LogP contribution in [0.1, 0.15) is 53.5 Å². The van der Waals surface area contributed by atoms with Gasteiger partial charge in [0.05, 0.1) is 0 Å². The van der Waals surface area contributed by atoms with E-state index >= 15 is 0 Å². The van der Waals surface area contributed by atoms with Crippen LogP contribution in [0, 0.1) is 5.82 Å². The molecule has 1 aromatic carbocycles. The molecule has 0 radical (unpaired) electrons.